The van der Waals surface area contributed by atoms with E-state index in [2.05, 4.69) is 24.0 Å². The second kappa shape index (κ2) is 5.91. The Bertz CT molecular complexity index is 672. The summed E-state index contributed by atoms with van der Waals surface area (Å²) in [6.45, 7) is 3.07. The SMILES string of the molecule is C[C@@H]1CCc2ccccc2N1CCC(=O)N1CCCS1(=O)=O. The number of fused-ring (bicyclic) bond motifs is 1. The van der Waals surface area contributed by atoms with Crippen LogP contribution in [-0.4, -0.2) is 43.5 Å². The van der Waals surface area contributed by atoms with E-state index in [4.69, 9.17) is 0 Å². The monoisotopic (exact) mass is 322 g/mol. The van der Waals surface area contributed by atoms with Gasteiger partial charge in [0.05, 0.1) is 5.75 Å². The third-order valence-electron chi connectivity index (χ3n) is 4.61. The molecular weight excluding hydrogens is 300 g/mol. The highest BCUT2D eigenvalue weighted by Crippen LogP contribution is 2.30. The Hall–Kier alpha value is -1.56. The lowest BCUT2D eigenvalue weighted by Gasteiger charge is -2.37. The maximum atomic E-state index is 12.2. The molecule has 0 unspecified atom stereocenters. The third kappa shape index (κ3) is 2.84. The average Bonchev–Trinajstić information content (AvgIpc) is 2.85. The summed E-state index contributed by atoms with van der Waals surface area (Å²) in [7, 11) is -3.35. The number of para-hydroxylation sites is 1. The number of carbonyl (C=O) groups excluding carboxylic acids is 1. The number of sulfonamides is 1. The van der Waals surface area contributed by atoms with Crippen LogP contribution in [0.4, 0.5) is 5.69 Å². The maximum Gasteiger partial charge on any atom is 0.237 e. The summed E-state index contributed by atoms with van der Waals surface area (Å²) in [6.07, 6.45) is 2.92. The van der Waals surface area contributed by atoms with Crippen LogP contribution in [0.2, 0.25) is 0 Å². The van der Waals surface area contributed by atoms with Gasteiger partial charge in [-0.2, -0.15) is 0 Å². The molecule has 2 aliphatic heterocycles. The summed E-state index contributed by atoms with van der Waals surface area (Å²) in [5.41, 5.74) is 2.49. The Morgan fingerprint density at radius 2 is 2.09 bits per heavy atom. The smallest absolute Gasteiger partial charge is 0.237 e. The van der Waals surface area contributed by atoms with Crippen molar-refractivity contribution in [1.29, 1.82) is 0 Å². The normalized spacial score (nSPS) is 23.4. The Kier molecular flexibility index (Phi) is 4.12. The van der Waals surface area contributed by atoms with Crippen molar-refractivity contribution in [2.45, 2.75) is 38.6 Å². The van der Waals surface area contributed by atoms with E-state index in [-0.39, 0.29) is 18.1 Å². The van der Waals surface area contributed by atoms with Crippen LogP contribution in [0.25, 0.3) is 0 Å². The van der Waals surface area contributed by atoms with Gasteiger partial charge in [0.1, 0.15) is 0 Å². The van der Waals surface area contributed by atoms with Crippen LogP contribution in [0.1, 0.15) is 31.7 Å². The van der Waals surface area contributed by atoms with Gasteiger partial charge >= 0.3 is 0 Å². The first-order valence-corrected chi connectivity index (χ1v) is 9.48. The highest BCUT2D eigenvalue weighted by Gasteiger charge is 2.33. The number of anilines is 1. The maximum absolute atomic E-state index is 12.2. The van der Waals surface area contributed by atoms with E-state index in [1.165, 1.54) is 11.3 Å². The van der Waals surface area contributed by atoms with Crippen molar-refractivity contribution in [3.8, 4) is 0 Å². The fourth-order valence-electron chi connectivity index (χ4n) is 3.36. The number of rotatable bonds is 3. The van der Waals surface area contributed by atoms with Crippen LogP contribution >= 0.6 is 0 Å². The van der Waals surface area contributed by atoms with Gasteiger partial charge < -0.3 is 4.90 Å². The molecular formula is C16H22N2O3S. The molecule has 0 bridgehead atoms. The Morgan fingerprint density at radius 3 is 2.82 bits per heavy atom. The number of carbonyl (C=O) groups is 1. The fourth-order valence-corrected chi connectivity index (χ4v) is 4.88. The largest absolute Gasteiger partial charge is 0.368 e. The molecule has 1 saturated heterocycles. The zero-order valence-corrected chi connectivity index (χ0v) is 13.7. The number of benzene rings is 1. The molecule has 120 valence electrons. The molecule has 1 aromatic rings. The molecule has 0 aliphatic carbocycles. The first-order chi connectivity index (χ1) is 10.5. The standard InChI is InChI=1S/C16H22N2O3S/c1-13-7-8-14-5-2-3-6-15(14)17(13)11-9-16(19)18-10-4-12-22(18,20)21/h2-3,5-6,13H,4,7-12H2,1H3/t13-/m1/s1. The molecule has 3 rings (SSSR count). The van der Waals surface area contributed by atoms with Gasteiger partial charge in [0.15, 0.2) is 0 Å². The van der Waals surface area contributed by atoms with E-state index in [9.17, 15) is 13.2 Å². The minimum Gasteiger partial charge on any atom is -0.368 e. The van der Waals surface area contributed by atoms with Gasteiger partial charge in [0.2, 0.25) is 15.9 Å². The number of nitrogens with zero attached hydrogens (tertiary/aromatic N) is 2. The van der Waals surface area contributed by atoms with Crippen molar-refractivity contribution >= 4 is 21.6 Å². The highest BCUT2D eigenvalue weighted by atomic mass is 32.2. The number of hydrogen-bond donors (Lipinski definition) is 0. The van der Waals surface area contributed by atoms with E-state index in [1.54, 1.807) is 0 Å². The van der Waals surface area contributed by atoms with Gasteiger partial charge in [-0.25, -0.2) is 12.7 Å². The van der Waals surface area contributed by atoms with Crippen molar-refractivity contribution < 1.29 is 13.2 Å². The quantitative estimate of drug-likeness (QED) is 0.851. The van der Waals surface area contributed by atoms with E-state index >= 15 is 0 Å². The minimum absolute atomic E-state index is 0.0989. The Labute approximate surface area is 132 Å². The third-order valence-corrected chi connectivity index (χ3v) is 6.47. The summed E-state index contributed by atoms with van der Waals surface area (Å²) >= 11 is 0. The van der Waals surface area contributed by atoms with Crippen molar-refractivity contribution in [3.63, 3.8) is 0 Å². The molecule has 5 nitrogen and oxygen atoms in total. The molecule has 22 heavy (non-hydrogen) atoms. The van der Waals surface area contributed by atoms with Gasteiger partial charge in [0, 0.05) is 31.2 Å². The van der Waals surface area contributed by atoms with E-state index in [0.29, 0.717) is 25.6 Å². The van der Waals surface area contributed by atoms with Crippen molar-refractivity contribution in [3.05, 3.63) is 29.8 Å². The average molecular weight is 322 g/mol. The van der Waals surface area contributed by atoms with Gasteiger partial charge in [-0.3, -0.25) is 4.79 Å². The van der Waals surface area contributed by atoms with Crippen LogP contribution in [0.15, 0.2) is 24.3 Å². The molecule has 0 aromatic heterocycles. The molecule has 0 saturated carbocycles. The molecule has 1 fully saturated rings. The topological polar surface area (TPSA) is 57.7 Å². The molecule has 0 radical (unpaired) electrons. The van der Waals surface area contributed by atoms with E-state index in [1.807, 2.05) is 12.1 Å². The number of aryl methyl sites for hydroxylation is 1. The zero-order valence-electron chi connectivity index (χ0n) is 12.9. The molecule has 1 aromatic carbocycles. The molecule has 0 spiro atoms. The minimum atomic E-state index is -3.35. The van der Waals surface area contributed by atoms with Gasteiger partial charge in [-0.1, -0.05) is 18.2 Å². The van der Waals surface area contributed by atoms with Crippen LogP contribution in [-0.2, 0) is 21.2 Å². The van der Waals surface area contributed by atoms with Crippen molar-refractivity contribution in [1.82, 2.24) is 4.31 Å². The predicted octanol–water partition coefficient (Wildman–Crippen LogP) is 1.78. The first kappa shape index (κ1) is 15.3. The summed E-state index contributed by atoms with van der Waals surface area (Å²) in [4.78, 5) is 14.5. The van der Waals surface area contributed by atoms with Crippen LogP contribution in [0.5, 0.6) is 0 Å². The lowest BCUT2D eigenvalue weighted by atomic mass is 9.96. The van der Waals surface area contributed by atoms with Crippen LogP contribution in [0.3, 0.4) is 0 Å². The summed E-state index contributed by atoms with van der Waals surface area (Å²) in [5.74, 6) is -0.172. The summed E-state index contributed by atoms with van der Waals surface area (Å²) < 4.78 is 24.7. The lowest BCUT2D eigenvalue weighted by Crippen LogP contribution is -2.41. The molecule has 0 N–H and O–H groups in total. The second-order valence-electron chi connectivity index (χ2n) is 6.10. The van der Waals surface area contributed by atoms with Gasteiger partial charge in [-0.15, -0.1) is 0 Å². The van der Waals surface area contributed by atoms with E-state index < -0.39 is 10.0 Å². The second-order valence-corrected chi connectivity index (χ2v) is 8.11. The molecule has 1 atom stereocenters. The summed E-state index contributed by atoms with van der Waals surface area (Å²) in [5, 5.41) is 0. The van der Waals surface area contributed by atoms with Crippen LogP contribution in [0, 0.1) is 0 Å². The molecule has 2 aliphatic rings. The number of amides is 1. The highest BCUT2D eigenvalue weighted by molar-refractivity contribution is 7.89. The fraction of sp³-hybridized carbons (Fsp3) is 0.562. The lowest BCUT2D eigenvalue weighted by molar-refractivity contribution is -0.126. The Balaban J connectivity index is 1.70. The predicted molar refractivity (Wildman–Crippen MR) is 86.3 cm³/mol. The van der Waals surface area contributed by atoms with Crippen molar-refractivity contribution in [2.75, 3.05) is 23.7 Å². The summed E-state index contributed by atoms with van der Waals surface area (Å²) in [6, 6.07) is 8.63. The van der Waals surface area contributed by atoms with E-state index in [0.717, 1.165) is 17.1 Å². The first-order valence-electron chi connectivity index (χ1n) is 7.87. The van der Waals surface area contributed by atoms with Gasteiger partial charge in [0.25, 0.3) is 0 Å². The number of hydrogen-bond acceptors (Lipinski definition) is 4. The van der Waals surface area contributed by atoms with Crippen molar-refractivity contribution in [2.24, 2.45) is 0 Å². The Morgan fingerprint density at radius 1 is 1.32 bits per heavy atom. The van der Waals surface area contributed by atoms with Gasteiger partial charge in [-0.05, 0) is 37.8 Å². The molecule has 2 heterocycles. The van der Waals surface area contributed by atoms with Crippen LogP contribution < -0.4 is 4.90 Å². The molecule has 6 heteroatoms. The zero-order chi connectivity index (χ0) is 15.7. The molecule has 1 amide bonds.